The van der Waals surface area contributed by atoms with E-state index >= 15 is 0 Å². The molecule has 7 aromatic carbocycles. The second kappa shape index (κ2) is 10.5. The summed E-state index contributed by atoms with van der Waals surface area (Å²) in [6.07, 6.45) is 0. The minimum atomic E-state index is -0.451. The number of rotatable bonds is 4. The molecule has 0 N–H and O–H groups in total. The molecule has 0 bridgehead atoms. The Labute approximate surface area is 284 Å². The van der Waals surface area contributed by atoms with Gasteiger partial charge in [0.05, 0.1) is 10.8 Å². The molecule has 0 spiro atoms. The van der Waals surface area contributed by atoms with Crippen LogP contribution in [0.5, 0.6) is 0 Å². The normalized spacial score (nSPS) is 18.6. The van der Waals surface area contributed by atoms with E-state index in [0.29, 0.717) is 0 Å². The third-order valence-electron chi connectivity index (χ3n) is 11.1. The first kappa shape index (κ1) is 28.7. The van der Waals surface area contributed by atoms with Gasteiger partial charge < -0.3 is 0 Å². The number of fused-ring (bicyclic) bond motifs is 6. The fourth-order valence-corrected chi connectivity index (χ4v) is 8.92. The van der Waals surface area contributed by atoms with Crippen molar-refractivity contribution in [3.63, 3.8) is 0 Å². The highest BCUT2D eigenvalue weighted by Gasteiger charge is 2.51. The SMILES string of the molecule is Cc1ccc(C2(c3ccccc3)c3cc(C)ccc3-c3cc4c(cc32)-c2ccc(C)cc2C4(c2ccccc2)c2ccc(C)cc2)cc1. The van der Waals surface area contributed by atoms with Crippen molar-refractivity contribution >= 4 is 0 Å². The predicted molar refractivity (Wildman–Crippen MR) is 200 cm³/mol. The molecule has 0 heterocycles. The van der Waals surface area contributed by atoms with Crippen molar-refractivity contribution in [3.8, 4) is 22.3 Å². The van der Waals surface area contributed by atoms with Gasteiger partial charge in [-0.1, -0.05) is 168 Å². The van der Waals surface area contributed by atoms with Crippen LogP contribution in [0.2, 0.25) is 0 Å². The van der Waals surface area contributed by atoms with Gasteiger partial charge in [0, 0.05) is 0 Å². The smallest absolute Gasteiger partial charge is 0.0622 e. The summed E-state index contributed by atoms with van der Waals surface area (Å²) in [5, 5.41) is 0. The van der Waals surface area contributed by atoms with Gasteiger partial charge >= 0.3 is 0 Å². The molecule has 0 saturated heterocycles. The number of aryl methyl sites for hydroxylation is 4. The van der Waals surface area contributed by atoms with E-state index in [9.17, 15) is 0 Å². The van der Waals surface area contributed by atoms with E-state index < -0.39 is 10.8 Å². The van der Waals surface area contributed by atoms with Crippen molar-refractivity contribution in [2.45, 2.75) is 38.5 Å². The molecule has 2 atom stereocenters. The Hall–Kier alpha value is -5.46. The van der Waals surface area contributed by atoms with Crippen molar-refractivity contribution in [2.75, 3.05) is 0 Å². The summed E-state index contributed by atoms with van der Waals surface area (Å²) < 4.78 is 0. The van der Waals surface area contributed by atoms with Crippen molar-refractivity contribution < 1.29 is 0 Å². The highest BCUT2D eigenvalue weighted by atomic mass is 14.5. The highest BCUT2D eigenvalue weighted by molar-refractivity contribution is 5.94. The van der Waals surface area contributed by atoms with E-state index in [4.69, 9.17) is 0 Å². The molecule has 0 aromatic heterocycles. The maximum atomic E-state index is 2.57. The average Bonchev–Trinajstić information content (AvgIpc) is 3.55. The van der Waals surface area contributed by atoms with Gasteiger partial charge in [-0.3, -0.25) is 0 Å². The molecule has 0 aliphatic heterocycles. The van der Waals surface area contributed by atoms with Gasteiger partial charge in [-0.25, -0.2) is 0 Å². The predicted octanol–water partition coefficient (Wildman–Crippen LogP) is 11.6. The van der Waals surface area contributed by atoms with Gasteiger partial charge in [0.2, 0.25) is 0 Å². The molecular formula is C48H38. The molecule has 0 radical (unpaired) electrons. The van der Waals surface area contributed by atoms with Crippen LogP contribution in [0.15, 0.2) is 158 Å². The van der Waals surface area contributed by atoms with Crippen molar-refractivity contribution in [2.24, 2.45) is 0 Å². The fraction of sp³-hybridized carbons (Fsp3) is 0.125. The minimum Gasteiger partial charge on any atom is -0.0622 e. The summed E-state index contributed by atoms with van der Waals surface area (Å²) in [7, 11) is 0. The number of hydrogen-bond donors (Lipinski definition) is 0. The van der Waals surface area contributed by atoms with Gasteiger partial charge in [0.1, 0.15) is 0 Å². The Morgan fingerprint density at radius 3 is 0.958 bits per heavy atom. The zero-order valence-corrected chi connectivity index (χ0v) is 28.0. The molecule has 2 aliphatic carbocycles. The van der Waals surface area contributed by atoms with Crippen LogP contribution in [0, 0.1) is 27.7 Å². The Balaban J connectivity index is 1.47. The lowest BCUT2D eigenvalue weighted by Gasteiger charge is -2.36. The van der Waals surface area contributed by atoms with Crippen LogP contribution in [0.4, 0.5) is 0 Å². The molecular weight excluding hydrogens is 577 g/mol. The van der Waals surface area contributed by atoms with Crippen LogP contribution >= 0.6 is 0 Å². The molecule has 0 saturated carbocycles. The number of benzene rings is 7. The van der Waals surface area contributed by atoms with Gasteiger partial charge in [0.25, 0.3) is 0 Å². The van der Waals surface area contributed by atoms with Crippen LogP contribution < -0.4 is 0 Å². The fourth-order valence-electron chi connectivity index (χ4n) is 8.92. The molecule has 0 fully saturated rings. The van der Waals surface area contributed by atoms with E-state index in [1.54, 1.807) is 0 Å². The lowest BCUT2D eigenvalue weighted by atomic mass is 9.65. The quantitative estimate of drug-likeness (QED) is 0.185. The lowest BCUT2D eigenvalue weighted by molar-refractivity contribution is 0.757. The van der Waals surface area contributed by atoms with Crippen molar-refractivity contribution in [1.82, 2.24) is 0 Å². The molecule has 0 amide bonds. The Kier molecular flexibility index (Phi) is 6.30. The van der Waals surface area contributed by atoms with Gasteiger partial charge in [-0.15, -0.1) is 0 Å². The van der Waals surface area contributed by atoms with Crippen LogP contribution in [-0.2, 0) is 10.8 Å². The molecule has 7 aromatic rings. The maximum Gasteiger partial charge on any atom is 0.0713 e. The Morgan fingerprint density at radius 2 is 0.583 bits per heavy atom. The summed E-state index contributed by atoms with van der Waals surface area (Å²) in [6.45, 7) is 8.81. The maximum absolute atomic E-state index is 2.57. The monoisotopic (exact) mass is 614 g/mol. The zero-order chi connectivity index (χ0) is 32.6. The summed E-state index contributed by atoms with van der Waals surface area (Å²) in [5.74, 6) is 0. The summed E-state index contributed by atoms with van der Waals surface area (Å²) in [4.78, 5) is 0. The van der Waals surface area contributed by atoms with Crippen molar-refractivity contribution in [3.05, 3.63) is 224 Å². The third-order valence-corrected chi connectivity index (χ3v) is 11.1. The van der Waals surface area contributed by atoms with E-state index in [2.05, 4.69) is 185 Å². The first-order valence-corrected chi connectivity index (χ1v) is 17.1. The standard InChI is InChI=1S/C48H38/c1-31-15-21-37(22-16-31)47(35-11-7-5-8-12-35)43-27-33(3)19-25-39(43)41-30-46-42(29-45(41)47)40-26-20-34(4)28-44(40)48(46,36-13-9-6-10-14-36)38-23-17-32(2)18-24-38/h5-30H,1-4H3. The van der Waals surface area contributed by atoms with Crippen LogP contribution in [0.25, 0.3) is 22.3 Å². The van der Waals surface area contributed by atoms with Crippen LogP contribution in [-0.4, -0.2) is 0 Å². The van der Waals surface area contributed by atoms with Crippen LogP contribution in [0.1, 0.15) is 66.8 Å². The van der Waals surface area contributed by atoms with Crippen LogP contribution in [0.3, 0.4) is 0 Å². The zero-order valence-electron chi connectivity index (χ0n) is 28.0. The van der Waals surface area contributed by atoms with Crippen molar-refractivity contribution in [1.29, 1.82) is 0 Å². The lowest BCUT2D eigenvalue weighted by Crippen LogP contribution is -2.30. The second-order valence-corrected chi connectivity index (χ2v) is 14.0. The summed E-state index contributed by atoms with van der Waals surface area (Å²) in [6, 6.07) is 60.2. The van der Waals surface area contributed by atoms with E-state index in [-0.39, 0.29) is 0 Å². The summed E-state index contributed by atoms with van der Waals surface area (Å²) >= 11 is 0. The van der Waals surface area contributed by atoms with E-state index in [1.165, 1.54) is 89.0 Å². The Morgan fingerprint density at radius 1 is 0.271 bits per heavy atom. The first-order chi connectivity index (χ1) is 23.4. The molecule has 230 valence electrons. The Bertz CT molecular complexity index is 2170. The first-order valence-electron chi connectivity index (χ1n) is 17.1. The van der Waals surface area contributed by atoms with E-state index in [1.807, 2.05) is 0 Å². The molecule has 9 rings (SSSR count). The third kappa shape index (κ3) is 3.84. The van der Waals surface area contributed by atoms with Gasteiger partial charge in [-0.05, 0) is 107 Å². The molecule has 48 heavy (non-hydrogen) atoms. The highest BCUT2D eigenvalue weighted by Crippen LogP contribution is 2.62. The minimum absolute atomic E-state index is 0.451. The van der Waals surface area contributed by atoms with E-state index in [0.717, 1.165) is 0 Å². The van der Waals surface area contributed by atoms with Gasteiger partial charge in [0.15, 0.2) is 0 Å². The largest absolute Gasteiger partial charge is 0.0713 e. The second-order valence-electron chi connectivity index (χ2n) is 14.0. The number of hydrogen-bond acceptors (Lipinski definition) is 0. The summed E-state index contributed by atoms with van der Waals surface area (Å²) in [5.41, 5.74) is 20.1. The topological polar surface area (TPSA) is 0 Å². The molecule has 2 aliphatic rings. The van der Waals surface area contributed by atoms with Gasteiger partial charge in [-0.2, -0.15) is 0 Å². The molecule has 0 heteroatoms. The molecule has 2 unspecified atom stereocenters. The molecule has 0 nitrogen and oxygen atoms in total. The average molecular weight is 615 g/mol.